The number of rotatable bonds is 5. The van der Waals surface area contributed by atoms with E-state index in [9.17, 15) is 0 Å². The molecule has 0 heterocycles. The third-order valence-corrected chi connectivity index (χ3v) is 2.83. The Kier molecular flexibility index (Phi) is 5.27. The van der Waals surface area contributed by atoms with Crippen molar-refractivity contribution in [2.75, 3.05) is 13.6 Å². The van der Waals surface area contributed by atoms with Gasteiger partial charge >= 0.3 is 0 Å². The van der Waals surface area contributed by atoms with Gasteiger partial charge in [0.15, 0.2) is 0 Å². The minimum atomic E-state index is 0.612. The smallest absolute Gasteiger partial charge is 0.0164 e. The molecule has 1 rings (SSSR count). The van der Waals surface area contributed by atoms with Crippen molar-refractivity contribution in [1.82, 2.24) is 5.32 Å². The van der Waals surface area contributed by atoms with Crippen LogP contribution in [0.3, 0.4) is 0 Å². The van der Waals surface area contributed by atoms with Crippen molar-refractivity contribution in [3.05, 3.63) is 41.0 Å². The van der Waals surface area contributed by atoms with Crippen LogP contribution in [0.1, 0.15) is 44.2 Å². The van der Waals surface area contributed by atoms with Crippen LogP contribution < -0.4 is 5.32 Å². The highest BCUT2D eigenvalue weighted by atomic mass is 14.8. The molecule has 1 nitrogen and oxygen atoms in total. The van der Waals surface area contributed by atoms with Crippen molar-refractivity contribution in [1.29, 1.82) is 0 Å². The zero-order chi connectivity index (χ0) is 12.0. The molecule has 0 aromatic heterocycles. The highest BCUT2D eigenvalue weighted by Gasteiger charge is 1.98. The quantitative estimate of drug-likeness (QED) is 0.790. The average Bonchev–Trinajstić information content (AvgIpc) is 2.29. The maximum Gasteiger partial charge on any atom is 0.0164 e. The minimum absolute atomic E-state index is 0.612. The Hall–Kier alpha value is -1.08. The van der Waals surface area contributed by atoms with Crippen LogP contribution in [0, 0.1) is 0 Å². The molecule has 1 aromatic rings. The van der Waals surface area contributed by atoms with Crippen molar-refractivity contribution < 1.29 is 0 Å². The largest absolute Gasteiger partial charge is 0.316 e. The lowest BCUT2D eigenvalue weighted by molar-refractivity contribution is 0.850. The summed E-state index contributed by atoms with van der Waals surface area (Å²) in [6, 6.07) is 8.87. The Bertz CT molecular complexity index is 333. The molecule has 0 radical (unpaired) electrons. The van der Waals surface area contributed by atoms with Gasteiger partial charge < -0.3 is 5.32 Å². The van der Waals surface area contributed by atoms with E-state index in [0.717, 1.165) is 13.0 Å². The molecular formula is C15H23N. The van der Waals surface area contributed by atoms with Crippen LogP contribution in [0.2, 0.25) is 0 Å². The fourth-order valence-corrected chi connectivity index (χ4v) is 1.72. The third kappa shape index (κ3) is 3.82. The number of likely N-dealkylation sites (N-methyl/N-ethyl adjacent to an activating group) is 1. The lowest BCUT2D eigenvalue weighted by Crippen LogP contribution is -2.09. The van der Waals surface area contributed by atoms with E-state index in [0.29, 0.717) is 5.92 Å². The highest BCUT2D eigenvalue weighted by molar-refractivity contribution is 5.53. The molecule has 0 amide bonds. The lowest BCUT2D eigenvalue weighted by Gasteiger charge is -2.07. The minimum Gasteiger partial charge on any atom is -0.316 e. The van der Waals surface area contributed by atoms with Crippen LogP contribution >= 0.6 is 0 Å². The molecule has 1 aromatic carbocycles. The normalized spacial score (nSPS) is 12.2. The average molecular weight is 217 g/mol. The summed E-state index contributed by atoms with van der Waals surface area (Å²) in [6.07, 6.45) is 3.38. The Morgan fingerprint density at radius 3 is 2.31 bits per heavy atom. The molecule has 0 fully saturated rings. The van der Waals surface area contributed by atoms with E-state index in [-0.39, 0.29) is 0 Å². The first-order chi connectivity index (χ1) is 7.67. The Morgan fingerprint density at radius 2 is 1.88 bits per heavy atom. The van der Waals surface area contributed by atoms with E-state index < -0.39 is 0 Å². The molecule has 0 aliphatic heterocycles. The summed E-state index contributed by atoms with van der Waals surface area (Å²) in [5.41, 5.74) is 4.15. The first kappa shape index (κ1) is 13.0. The zero-order valence-electron chi connectivity index (χ0n) is 10.9. The summed E-state index contributed by atoms with van der Waals surface area (Å²) in [4.78, 5) is 0. The van der Waals surface area contributed by atoms with Gasteiger partial charge in [0.1, 0.15) is 0 Å². The Morgan fingerprint density at radius 1 is 1.25 bits per heavy atom. The van der Waals surface area contributed by atoms with Crippen molar-refractivity contribution >= 4 is 6.08 Å². The summed E-state index contributed by atoms with van der Waals surface area (Å²) in [6.45, 7) is 7.63. The highest BCUT2D eigenvalue weighted by Crippen LogP contribution is 2.16. The molecule has 0 unspecified atom stereocenters. The second kappa shape index (κ2) is 6.49. The van der Waals surface area contributed by atoms with Crippen LogP contribution in [0.15, 0.2) is 29.8 Å². The van der Waals surface area contributed by atoms with Crippen molar-refractivity contribution in [2.45, 2.75) is 33.1 Å². The summed E-state index contributed by atoms with van der Waals surface area (Å²) in [5, 5.41) is 3.20. The van der Waals surface area contributed by atoms with Gasteiger partial charge in [0, 0.05) is 6.54 Å². The van der Waals surface area contributed by atoms with Gasteiger partial charge in [0.2, 0.25) is 0 Å². The standard InChI is InChI=1S/C15H23N/c1-5-13(11-16-4)10-14-6-8-15(9-7-14)12(2)3/h6-10,12,16H,5,11H2,1-4H3. The molecule has 0 saturated carbocycles. The van der Waals surface area contributed by atoms with Gasteiger partial charge in [-0.15, -0.1) is 0 Å². The SMILES string of the molecule is CCC(=Cc1ccc(C(C)C)cc1)CNC. The van der Waals surface area contributed by atoms with Crippen molar-refractivity contribution in [2.24, 2.45) is 0 Å². The van der Waals surface area contributed by atoms with Crippen molar-refractivity contribution in [3.63, 3.8) is 0 Å². The summed E-state index contributed by atoms with van der Waals surface area (Å²) >= 11 is 0. The van der Waals surface area contributed by atoms with E-state index in [1.54, 1.807) is 0 Å². The van der Waals surface area contributed by atoms with Crippen molar-refractivity contribution in [3.8, 4) is 0 Å². The second-order valence-electron chi connectivity index (χ2n) is 4.51. The molecule has 88 valence electrons. The zero-order valence-corrected chi connectivity index (χ0v) is 10.9. The maximum atomic E-state index is 3.20. The number of nitrogens with one attached hydrogen (secondary N) is 1. The Balaban J connectivity index is 2.80. The van der Waals surface area contributed by atoms with Crippen LogP contribution in [0.5, 0.6) is 0 Å². The fraction of sp³-hybridized carbons (Fsp3) is 0.467. The van der Waals surface area contributed by atoms with Gasteiger partial charge in [0.25, 0.3) is 0 Å². The molecule has 0 atom stereocenters. The lowest BCUT2D eigenvalue weighted by atomic mass is 10.0. The van der Waals surface area contributed by atoms with Gasteiger partial charge in [-0.2, -0.15) is 0 Å². The van der Waals surface area contributed by atoms with Gasteiger partial charge in [-0.3, -0.25) is 0 Å². The number of benzene rings is 1. The van der Waals surface area contributed by atoms with Gasteiger partial charge in [0.05, 0.1) is 0 Å². The van der Waals surface area contributed by atoms with E-state index in [4.69, 9.17) is 0 Å². The first-order valence-corrected chi connectivity index (χ1v) is 6.11. The van der Waals surface area contributed by atoms with Crippen LogP contribution in [0.25, 0.3) is 6.08 Å². The van der Waals surface area contributed by atoms with Crippen LogP contribution in [-0.4, -0.2) is 13.6 Å². The molecule has 1 heteroatoms. The molecule has 0 aliphatic rings. The molecular weight excluding hydrogens is 194 g/mol. The van der Waals surface area contributed by atoms with E-state index >= 15 is 0 Å². The topological polar surface area (TPSA) is 12.0 Å². The van der Waals surface area contributed by atoms with Crippen LogP contribution in [-0.2, 0) is 0 Å². The van der Waals surface area contributed by atoms with Gasteiger partial charge in [-0.05, 0) is 30.5 Å². The summed E-state index contributed by atoms with van der Waals surface area (Å²) in [7, 11) is 1.99. The van der Waals surface area contributed by atoms with Crippen LogP contribution in [0.4, 0.5) is 0 Å². The Labute approximate surface area is 99.6 Å². The van der Waals surface area contributed by atoms with Gasteiger partial charge in [-0.25, -0.2) is 0 Å². The molecule has 0 bridgehead atoms. The molecule has 1 N–H and O–H groups in total. The predicted octanol–water partition coefficient (Wildman–Crippen LogP) is 3.82. The van der Waals surface area contributed by atoms with E-state index in [1.807, 2.05) is 7.05 Å². The molecule has 16 heavy (non-hydrogen) atoms. The molecule has 0 spiro atoms. The summed E-state index contributed by atoms with van der Waals surface area (Å²) < 4.78 is 0. The summed E-state index contributed by atoms with van der Waals surface area (Å²) in [5.74, 6) is 0.612. The third-order valence-electron chi connectivity index (χ3n) is 2.83. The second-order valence-corrected chi connectivity index (χ2v) is 4.51. The van der Waals surface area contributed by atoms with E-state index in [2.05, 4.69) is 56.4 Å². The first-order valence-electron chi connectivity index (χ1n) is 6.11. The van der Waals surface area contributed by atoms with E-state index in [1.165, 1.54) is 16.7 Å². The van der Waals surface area contributed by atoms with Gasteiger partial charge in [-0.1, -0.05) is 56.7 Å². The monoisotopic (exact) mass is 217 g/mol. The molecule has 0 aliphatic carbocycles. The molecule has 0 saturated heterocycles. The number of hydrogen-bond donors (Lipinski definition) is 1. The number of hydrogen-bond acceptors (Lipinski definition) is 1. The fourth-order valence-electron chi connectivity index (χ4n) is 1.72. The predicted molar refractivity (Wildman–Crippen MR) is 72.7 cm³/mol. The maximum absolute atomic E-state index is 3.20.